The Morgan fingerprint density at radius 1 is 1.47 bits per heavy atom. The average molecular weight is 238 g/mol. The first-order valence-electron chi connectivity index (χ1n) is 5.79. The summed E-state index contributed by atoms with van der Waals surface area (Å²) in [5.74, 6) is 0.0274. The molecule has 3 N–H and O–H groups in total. The quantitative estimate of drug-likeness (QED) is 0.453. The number of phenols is 1. The molecule has 0 aromatic heterocycles. The minimum atomic E-state index is -0.484. The molecule has 0 aliphatic carbocycles. The third-order valence-electron chi connectivity index (χ3n) is 2.74. The van der Waals surface area contributed by atoms with Gasteiger partial charge in [0, 0.05) is 23.7 Å². The molecule has 0 saturated carbocycles. The van der Waals surface area contributed by atoms with Gasteiger partial charge >= 0.3 is 0 Å². The largest absolute Gasteiger partial charge is 0.508 e. The van der Waals surface area contributed by atoms with E-state index in [1.54, 1.807) is 0 Å². The average Bonchev–Trinajstić information content (AvgIpc) is 2.29. The lowest BCUT2D eigenvalue weighted by Crippen LogP contribution is -2.10. The first-order valence-corrected chi connectivity index (χ1v) is 5.79. The molecule has 1 aromatic carbocycles. The van der Waals surface area contributed by atoms with E-state index in [0.717, 1.165) is 25.7 Å². The minimum absolute atomic E-state index is 0.0274. The summed E-state index contributed by atoms with van der Waals surface area (Å²) >= 11 is 0. The van der Waals surface area contributed by atoms with Crippen LogP contribution in [0, 0.1) is 10.1 Å². The fraction of sp³-hybridized carbons (Fsp3) is 0.500. The van der Waals surface area contributed by atoms with Gasteiger partial charge < -0.3 is 10.8 Å². The van der Waals surface area contributed by atoms with E-state index in [0.29, 0.717) is 5.56 Å². The van der Waals surface area contributed by atoms with Crippen molar-refractivity contribution >= 4 is 5.69 Å². The summed E-state index contributed by atoms with van der Waals surface area (Å²) in [5, 5.41) is 20.3. The second-order valence-electron chi connectivity index (χ2n) is 4.10. The molecule has 0 aliphatic heterocycles. The lowest BCUT2D eigenvalue weighted by atomic mass is 10.00. The molecule has 1 atom stereocenters. The number of benzene rings is 1. The van der Waals surface area contributed by atoms with Gasteiger partial charge in [-0.1, -0.05) is 26.2 Å². The zero-order chi connectivity index (χ0) is 12.8. The van der Waals surface area contributed by atoms with Crippen LogP contribution < -0.4 is 5.73 Å². The standard InChI is InChI=1S/C12H18N2O3/c1-2-3-4-5-11(13)10-8-9(14(16)17)6-7-12(10)15/h6-8,11,15H,2-5,13H2,1H3/t11-/m1/s1. The molecule has 1 rings (SSSR count). The van der Waals surface area contributed by atoms with Crippen LogP contribution in [-0.4, -0.2) is 10.0 Å². The molecule has 17 heavy (non-hydrogen) atoms. The molecule has 0 unspecified atom stereocenters. The van der Waals surface area contributed by atoms with E-state index in [-0.39, 0.29) is 17.5 Å². The lowest BCUT2D eigenvalue weighted by molar-refractivity contribution is -0.385. The number of phenolic OH excluding ortho intramolecular Hbond substituents is 1. The predicted octanol–water partition coefficient (Wildman–Crippen LogP) is 2.88. The van der Waals surface area contributed by atoms with Crippen molar-refractivity contribution in [2.75, 3.05) is 0 Å². The Morgan fingerprint density at radius 3 is 2.76 bits per heavy atom. The third-order valence-corrected chi connectivity index (χ3v) is 2.74. The number of aromatic hydroxyl groups is 1. The van der Waals surface area contributed by atoms with Gasteiger partial charge in [-0.05, 0) is 12.5 Å². The molecule has 0 radical (unpaired) electrons. The van der Waals surface area contributed by atoms with Gasteiger partial charge in [-0.2, -0.15) is 0 Å². The fourth-order valence-corrected chi connectivity index (χ4v) is 1.72. The minimum Gasteiger partial charge on any atom is -0.508 e. The van der Waals surface area contributed by atoms with Gasteiger partial charge in [0.1, 0.15) is 5.75 Å². The molecule has 0 spiro atoms. The highest BCUT2D eigenvalue weighted by molar-refractivity contribution is 5.44. The molecule has 5 heteroatoms. The first kappa shape index (κ1) is 13.4. The summed E-state index contributed by atoms with van der Waals surface area (Å²) in [6, 6.07) is 3.61. The van der Waals surface area contributed by atoms with Gasteiger partial charge in [0.2, 0.25) is 0 Å². The maximum absolute atomic E-state index is 10.6. The second kappa shape index (κ2) is 6.20. The SMILES string of the molecule is CCCCC[C@@H](N)c1cc([N+](=O)[O-])ccc1O. The van der Waals surface area contributed by atoms with Crippen LogP contribution in [0.15, 0.2) is 18.2 Å². The number of nitrogens with two attached hydrogens (primary N) is 1. The summed E-state index contributed by atoms with van der Waals surface area (Å²) in [4.78, 5) is 10.1. The smallest absolute Gasteiger partial charge is 0.270 e. The molecule has 94 valence electrons. The van der Waals surface area contributed by atoms with E-state index >= 15 is 0 Å². The van der Waals surface area contributed by atoms with E-state index < -0.39 is 4.92 Å². The highest BCUT2D eigenvalue weighted by atomic mass is 16.6. The van der Waals surface area contributed by atoms with Crippen molar-refractivity contribution < 1.29 is 10.0 Å². The number of nitrogens with zero attached hydrogens (tertiary/aromatic N) is 1. The zero-order valence-corrected chi connectivity index (χ0v) is 9.93. The molecule has 0 amide bonds. The summed E-state index contributed by atoms with van der Waals surface area (Å²) < 4.78 is 0. The molecule has 0 aliphatic rings. The number of hydrogen-bond donors (Lipinski definition) is 2. The number of non-ortho nitro benzene ring substituents is 1. The van der Waals surface area contributed by atoms with Crippen LogP contribution in [-0.2, 0) is 0 Å². The predicted molar refractivity (Wildman–Crippen MR) is 65.8 cm³/mol. The molecular weight excluding hydrogens is 220 g/mol. The second-order valence-corrected chi connectivity index (χ2v) is 4.10. The molecule has 0 saturated heterocycles. The van der Waals surface area contributed by atoms with Crippen LogP contribution >= 0.6 is 0 Å². The molecule has 1 aromatic rings. The molecule has 0 bridgehead atoms. The van der Waals surface area contributed by atoms with E-state index in [9.17, 15) is 15.2 Å². The number of nitro groups is 1. The van der Waals surface area contributed by atoms with E-state index in [2.05, 4.69) is 6.92 Å². The maximum Gasteiger partial charge on any atom is 0.270 e. The van der Waals surface area contributed by atoms with Crippen molar-refractivity contribution in [3.63, 3.8) is 0 Å². The Kier molecular flexibility index (Phi) is 4.90. The van der Waals surface area contributed by atoms with Crippen LogP contribution in [0.25, 0.3) is 0 Å². The number of unbranched alkanes of at least 4 members (excludes halogenated alkanes) is 2. The van der Waals surface area contributed by atoms with Crippen molar-refractivity contribution in [2.24, 2.45) is 5.73 Å². The molecule has 5 nitrogen and oxygen atoms in total. The molecule has 0 fully saturated rings. The first-order chi connectivity index (χ1) is 8.06. The van der Waals surface area contributed by atoms with Crippen LogP contribution in [0.2, 0.25) is 0 Å². The Balaban J connectivity index is 2.80. The molecular formula is C12H18N2O3. The van der Waals surface area contributed by atoms with Crippen molar-refractivity contribution in [2.45, 2.75) is 38.6 Å². The summed E-state index contributed by atoms with van der Waals surface area (Å²) in [7, 11) is 0. The van der Waals surface area contributed by atoms with Crippen molar-refractivity contribution in [3.8, 4) is 5.75 Å². The van der Waals surface area contributed by atoms with Crippen LogP contribution in [0.5, 0.6) is 5.75 Å². The van der Waals surface area contributed by atoms with Crippen LogP contribution in [0.3, 0.4) is 0 Å². The maximum atomic E-state index is 10.6. The summed E-state index contributed by atoms with van der Waals surface area (Å²) in [6.45, 7) is 2.09. The van der Waals surface area contributed by atoms with Gasteiger partial charge in [0.05, 0.1) is 4.92 Å². The summed E-state index contributed by atoms with van der Waals surface area (Å²) in [5.41, 5.74) is 6.34. The highest BCUT2D eigenvalue weighted by Gasteiger charge is 2.15. The van der Waals surface area contributed by atoms with E-state index in [1.807, 2.05) is 0 Å². The number of hydrogen-bond acceptors (Lipinski definition) is 4. The Morgan fingerprint density at radius 2 is 2.18 bits per heavy atom. The summed E-state index contributed by atoms with van der Waals surface area (Å²) in [6.07, 6.45) is 3.85. The Hall–Kier alpha value is -1.62. The zero-order valence-electron chi connectivity index (χ0n) is 9.93. The van der Waals surface area contributed by atoms with Crippen LogP contribution in [0.4, 0.5) is 5.69 Å². The normalized spacial score (nSPS) is 12.4. The Labute approximate surface area is 100 Å². The van der Waals surface area contributed by atoms with Gasteiger partial charge in [-0.3, -0.25) is 10.1 Å². The van der Waals surface area contributed by atoms with Crippen molar-refractivity contribution in [3.05, 3.63) is 33.9 Å². The number of rotatable bonds is 6. The highest BCUT2D eigenvalue weighted by Crippen LogP contribution is 2.29. The van der Waals surface area contributed by atoms with Gasteiger partial charge in [0.25, 0.3) is 5.69 Å². The monoisotopic (exact) mass is 238 g/mol. The lowest BCUT2D eigenvalue weighted by Gasteiger charge is -2.13. The van der Waals surface area contributed by atoms with E-state index in [1.165, 1.54) is 18.2 Å². The van der Waals surface area contributed by atoms with Gasteiger partial charge in [-0.15, -0.1) is 0 Å². The Bertz CT molecular complexity index is 393. The molecule has 0 heterocycles. The van der Waals surface area contributed by atoms with E-state index in [4.69, 9.17) is 5.73 Å². The van der Waals surface area contributed by atoms with Crippen molar-refractivity contribution in [1.82, 2.24) is 0 Å². The third kappa shape index (κ3) is 3.71. The van der Waals surface area contributed by atoms with Gasteiger partial charge in [-0.25, -0.2) is 0 Å². The van der Waals surface area contributed by atoms with Gasteiger partial charge in [0.15, 0.2) is 0 Å². The fourth-order valence-electron chi connectivity index (χ4n) is 1.72. The van der Waals surface area contributed by atoms with Crippen molar-refractivity contribution in [1.29, 1.82) is 0 Å². The number of nitro benzene ring substituents is 1. The topological polar surface area (TPSA) is 89.4 Å². The van der Waals surface area contributed by atoms with Crippen LogP contribution in [0.1, 0.15) is 44.2 Å².